The first kappa shape index (κ1) is 13.6. The van der Waals surface area contributed by atoms with Gasteiger partial charge in [0.05, 0.1) is 0 Å². The van der Waals surface area contributed by atoms with E-state index >= 15 is 0 Å². The average Bonchev–Trinajstić information content (AvgIpc) is 2.73. The standard InChI is InChI=1S/C16H15FN2OSi/c17-11-5-3-4-10(8-11)9-19-13-7-2-1-6-12(13)15(21)14(19)16(18)20/h1-8H,9H2,21H3,(H2,18,20). The van der Waals surface area contributed by atoms with Crippen LogP contribution in [0.2, 0.25) is 0 Å². The number of primary amides is 1. The molecule has 0 saturated carbocycles. The van der Waals surface area contributed by atoms with Crippen molar-refractivity contribution in [3.63, 3.8) is 0 Å². The van der Waals surface area contributed by atoms with Crippen molar-refractivity contribution in [1.82, 2.24) is 4.57 Å². The molecule has 0 fully saturated rings. The van der Waals surface area contributed by atoms with Gasteiger partial charge in [-0.15, -0.1) is 0 Å². The van der Waals surface area contributed by atoms with Crippen LogP contribution >= 0.6 is 0 Å². The molecule has 106 valence electrons. The monoisotopic (exact) mass is 298 g/mol. The lowest BCUT2D eigenvalue weighted by Gasteiger charge is -2.09. The van der Waals surface area contributed by atoms with Crippen molar-refractivity contribution in [2.45, 2.75) is 6.54 Å². The van der Waals surface area contributed by atoms with Gasteiger partial charge in [-0.05, 0) is 34.3 Å². The van der Waals surface area contributed by atoms with E-state index in [9.17, 15) is 9.18 Å². The van der Waals surface area contributed by atoms with E-state index in [1.54, 1.807) is 6.07 Å². The number of halogens is 1. The van der Waals surface area contributed by atoms with Crippen molar-refractivity contribution in [1.29, 1.82) is 0 Å². The summed E-state index contributed by atoms with van der Waals surface area (Å²) in [6.07, 6.45) is 0. The van der Waals surface area contributed by atoms with Crippen LogP contribution in [-0.4, -0.2) is 20.7 Å². The van der Waals surface area contributed by atoms with Gasteiger partial charge < -0.3 is 10.3 Å². The summed E-state index contributed by atoms with van der Waals surface area (Å²) in [4.78, 5) is 11.8. The highest BCUT2D eigenvalue weighted by atomic mass is 28.1. The lowest BCUT2D eigenvalue weighted by molar-refractivity contribution is 0.0993. The van der Waals surface area contributed by atoms with Crippen LogP contribution < -0.4 is 10.9 Å². The van der Waals surface area contributed by atoms with Crippen molar-refractivity contribution >= 4 is 32.2 Å². The Balaban J connectivity index is 2.21. The van der Waals surface area contributed by atoms with E-state index in [1.165, 1.54) is 12.1 Å². The minimum atomic E-state index is -0.437. The van der Waals surface area contributed by atoms with E-state index in [4.69, 9.17) is 5.73 Å². The molecule has 0 unspecified atom stereocenters. The van der Waals surface area contributed by atoms with Crippen molar-refractivity contribution in [2.24, 2.45) is 5.73 Å². The lowest BCUT2D eigenvalue weighted by Crippen LogP contribution is -2.25. The molecular formula is C16H15FN2OSi. The molecule has 0 aliphatic heterocycles. The number of carbonyl (C=O) groups excluding carboxylic acids is 1. The highest BCUT2D eigenvalue weighted by molar-refractivity contribution is 6.42. The second-order valence-corrected chi connectivity index (χ2v) is 6.07. The quantitative estimate of drug-likeness (QED) is 0.718. The fraction of sp³-hybridized carbons (Fsp3) is 0.0625. The Morgan fingerprint density at radius 3 is 2.67 bits per heavy atom. The summed E-state index contributed by atoms with van der Waals surface area (Å²) in [5.74, 6) is -0.719. The summed E-state index contributed by atoms with van der Waals surface area (Å²) in [5.41, 5.74) is 7.85. The Bertz CT molecular complexity index is 841. The van der Waals surface area contributed by atoms with Gasteiger partial charge in [0.1, 0.15) is 11.5 Å². The van der Waals surface area contributed by atoms with Crippen LogP contribution in [0.5, 0.6) is 0 Å². The third-order valence-electron chi connectivity index (χ3n) is 3.69. The molecule has 21 heavy (non-hydrogen) atoms. The molecule has 0 spiro atoms. The Labute approximate surface area is 124 Å². The maximum atomic E-state index is 13.4. The molecule has 0 bridgehead atoms. The van der Waals surface area contributed by atoms with Crippen LogP contribution in [0.25, 0.3) is 10.9 Å². The predicted octanol–water partition coefficient (Wildman–Crippen LogP) is 0.918. The summed E-state index contributed by atoms with van der Waals surface area (Å²) in [7, 11) is 0.727. The third-order valence-corrected chi connectivity index (χ3v) is 4.70. The number of amides is 1. The molecule has 0 radical (unpaired) electrons. The number of nitrogens with two attached hydrogens (primary N) is 1. The maximum absolute atomic E-state index is 13.4. The minimum absolute atomic E-state index is 0.282. The number of hydrogen-bond donors (Lipinski definition) is 1. The van der Waals surface area contributed by atoms with E-state index in [2.05, 4.69) is 0 Å². The minimum Gasteiger partial charge on any atom is -0.364 e. The predicted molar refractivity (Wildman–Crippen MR) is 85.5 cm³/mol. The number of rotatable bonds is 3. The largest absolute Gasteiger partial charge is 0.364 e. The number of carbonyl (C=O) groups is 1. The first-order chi connectivity index (χ1) is 10.1. The first-order valence-corrected chi connectivity index (χ1v) is 7.70. The molecule has 1 amide bonds. The second-order valence-electron chi connectivity index (χ2n) is 5.07. The van der Waals surface area contributed by atoms with E-state index in [0.717, 1.165) is 31.9 Å². The number of benzene rings is 2. The molecule has 2 aromatic carbocycles. The molecule has 2 N–H and O–H groups in total. The average molecular weight is 298 g/mol. The summed E-state index contributed by atoms with van der Waals surface area (Å²) >= 11 is 0. The first-order valence-electron chi connectivity index (χ1n) is 6.70. The van der Waals surface area contributed by atoms with Crippen LogP contribution in [0.3, 0.4) is 0 Å². The maximum Gasteiger partial charge on any atom is 0.265 e. The fourth-order valence-corrected chi connectivity index (χ4v) is 3.72. The van der Waals surface area contributed by atoms with Gasteiger partial charge in [-0.3, -0.25) is 4.79 Å². The Kier molecular flexibility index (Phi) is 3.35. The van der Waals surface area contributed by atoms with E-state index in [-0.39, 0.29) is 5.82 Å². The molecule has 3 nitrogen and oxygen atoms in total. The van der Waals surface area contributed by atoms with Gasteiger partial charge in [0, 0.05) is 22.3 Å². The second kappa shape index (κ2) is 5.18. The van der Waals surface area contributed by atoms with Gasteiger partial charge in [0.25, 0.3) is 5.91 Å². The number of hydrogen-bond acceptors (Lipinski definition) is 1. The number of aromatic nitrogens is 1. The number of nitrogens with zero attached hydrogens (tertiary/aromatic N) is 1. The molecule has 3 aromatic rings. The Hall–Kier alpha value is -2.40. The normalized spacial score (nSPS) is 11.1. The molecule has 1 aromatic heterocycles. The van der Waals surface area contributed by atoms with Gasteiger partial charge >= 0.3 is 0 Å². The zero-order valence-corrected chi connectivity index (χ0v) is 13.6. The molecule has 0 aliphatic rings. The zero-order chi connectivity index (χ0) is 15.0. The van der Waals surface area contributed by atoms with Crippen LogP contribution in [0, 0.1) is 5.82 Å². The van der Waals surface area contributed by atoms with Crippen molar-refractivity contribution in [3.05, 3.63) is 65.6 Å². The fourth-order valence-electron chi connectivity index (χ4n) is 2.78. The topological polar surface area (TPSA) is 48.0 Å². The molecule has 0 aliphatic carbocycles. The van der Waals surface area contributed by atoms with E-state index in [0.29, 0.717) is 12.2 Å². The summed E-state index contributed by atoms with van der Waals surface area (Å²) in [6.45, 7) is 0.429. The van der Waals surface area contributed by atoms with Crippen LogP contribution in [0.4, 0.5) is 4.39 Å². The molecule has 3 rings (SSSR count). The molecular weight excluding hydrogens is 283 g/mol. The van der Waals surface area contributed by atoms with Gasteiger partial charge in [-0.25, -0.2) is 4.39 Å². The van der Waals surface area contributed by atoms with Gasteiger partial charge in [0.2, 0.25) is 0 Å². The molecule has 0 saturated heterocycles. The lowest BCUT2D eigenvalue weighted by atomic mass is 10.2. The van der Waals surface area contributed by atoms with Crippen LogP contribution in [0.15, 0.2) is 48.5 Å². The summed E-state index contributed by atoms with van der Waals surface area (Å²) in [5, 5.41) is 2.05. The van der Waals surface area contributed by atoms with Crippen molar-refractivity contribution in [2.75, 3.05) is 0 Å². The summed E-state index contributed by atoms with van der Waals surface area (Å²) in [6, 6.07) is 14.2. The van der Waals surface area contributed by atoms with E-state index < -0.39 is 5.91 Å². The molecule has 0 atom stereocenters. The highest BCUT2D eigenvalue weighted by Crippen LogP contribution is 2.19. The zero-order valence-electron chi connectivity index (χ0n) is 11.6. The SMILES string of the molecule is NC(=O)c1c([SiH3])c2ccccc2n1Cc1cccc(F)c1. The molecule has 5 heteroatoms. The van der Waals surface area contributed by atoms with Crippen LogP contribution in [0.1, 0.15) is 16.1 Å². The summed E-state index contributed by atoms with van der Waals surface area (Å²) < 4.78 is 15.2. The number of fused-ring (bicyclic) bond motifs is 1. The number of para-hydroxylation sites is 1. The van der Waals surface area contributed by atoms with Gasteiger partial charge in [0.15, 0.2) is 0 Å². The van der Waals surface area contributed by atoms with Gasteiger partial charge in [-0.1, -0.05) is 30.3 Å². The third kappa shape index (κ3) is 2.36. The molecule has 1 heterocycles. The van der Waals surface area contributed by atoms with E-state index in [1.807, 2.05) is 34.9 Å². The van der Waals surface area contributed by atoms with Crippen molar-refractivity contribution < 1.29 is 9.18 Å². The van der Waals surface area contributed by atoms with Crippen LogP contribution in [-0.2, 0) is 6.54 Å². The Morgan fingerprint density at radius 2 is 1.95 bits per heavy atom. The highest BCUT2D eigenvalue weighted by Gasteiger charge is 2.17. The van der Waals surface area contributed by atoms with Crippen molar-refractivity contribution in [3.8, 4) is 0 Å². The van der Waals surface area contributed by atoms with Gasteiger partial charge in [-0.2, -0.15) is 0 Å². The smallest absolute Gasteiger partial charge is 0.265 e. The Morgan fingerprint density at radius 1 is 1.19 bits per heavy atom.